The fraction of sp³-hybridized carbons (Fsp3) is 0.467. The Kier molecular flexibility index (Phi) is 4.95. The van der Waals surface area contributed by atoms with Gasteiger partial charge in [-0.15, -0.1) is 0 Å². The number of aromatic nitrogens is 2. The van der Waals surface area contributed by atoms with Crippen LogP contribution in [0.4, 0.5) is 0 Å². The van der Waals surface area contributed by atoms with Crippen molar-refractivity contribution >= 4 is 19.0 Å². The van der Waals surface area contributed by atoms with Crippen molar-refractivity contribution in [1.82, 2.24) is 9.36 Å². The second-order valence-electron chi connectivity index (χ2n) is 5.23. The Bertz CT molecular complexity index is 629. The molecule has 0 N–H and O–H groups in total. The molecule has 1 aromatic heterocycles. The number of benzene rings is 1. The van der Waals surface area contributed by atoms with Gasteiger partial charge in [0.1, 0.15) is 10.8 Å². The summed E-state index contributed by atoms with van der Waals surface area (Å²) in [7, 11) is 2.45. The number of ether oxygens (including phenoxy) is 2. The molecule has 0 spiro atoms. The average Bonchev–Trinajstić information content (AvgIpc) is 3.23. The molecule has 2 heterocycles. The normalized spacial score (nSPS) is 17.3. The van der Waals surface area contributed by atoms with Gasteiger partial charge in [0.2, 0.25) is 0 Å². The molecule has 0 saturated carbocycles. The SMILES string of the molecule is CCCOc1cc(-c2nc(C3CBOC3)ns2)ccc1OC. The predicted octanol–water partition coefficient (Wildman–Crippen LogP) is 2.89. The lowest BCUT2D eigenvalue weighted by Gasteiger charge is -2.10. The Labute approximate surface area is 135 Å². The van der Waals surface area contributed by atoms with Crippen molar-refractivity contribution in [2.75, 3.05) is 20.3 Å². The first-order valence-electron chi connectivity index (χ1n) is 7.54. The maximum atomic E-state index is 5.76. The van der Waals surface area contributed by atoms with Crippen LogP contribution in [0.15, 0.2) is 18.2 Å². The van der Waals surface area contributed by atoms with Crippen molar-refractivity contribution in [3.05, 3.63) is 24.0 Å². The van der Waals surface area contributed by atoms with Crippen LogP contribution >= 0.6 is 11.5 Å². The highest BCUT2D eigenvalue weighted by atomic mass is 32.1. The Morgan fingerprint density at radius 3 is 3.05 bits per heavy atom. The third-order valence-corrected chi connectivity index (χ3v) is 4.39. The molecule has 0 bridgehead atoms. The van der Waals surface area contributed by atoms with Gasteiger partial charge in [-0.2, -0.15) is 4.37 Å². The molecule has 1 aromatic carbocycles. The van der Waals surface area contributed by atoms with Crippen molar-refractivity contribution in [3.63, 3.8) is 0 Å². The molecule has 5 nitrogen and oxygen atoms in total. The zero-order chi connectivity index (χ0) is 15.4. The molecule has 0 radical (unpaired) electrons. The zero-order valence-electron chi connectivity index (χ0n) is 12.9. The Morgan fingerprint density at radius 2 is 2.32 bits per heavy atom. The summed E-state index contributed by atoms with van der Waals surface area (Å²) in [4.78, 5) is 4.67. The van der Waals surface area contributed by atoms with Gasteiger partial charge in [0.25, 0.3) is 7.48 Å². The van der Waals surface area contributed by atoms with Crippen LogP contribution in [-0.4, -0.2) is 37.2 Å². The van der Waals surface area contributed by atoms with Crippen molar-refractivity contribution in [1.29, 1.82) is 0 Å². The Hall–Kier alpha value is -1.60. The van der Waals surface area contributed by atoms with Gasteiger partial charge < -0.3 is 14.1 Å². The molecule has 1 unspecified atom stereocenters. The molecule has 1 atom stereocenters. The van der Waals surface area contributed by atoms with E-state index in [1.54, 1.807) is 7.11 Å². The summed E-state index contributed by atoms with van der Waals surface area (Å²) in [5.41, 5.74) is 1.01. The smallest absolute Gasteiger partial charge is 0.275 e. The monoisotopic (exact) mass is 318 g/mol. The highest BCUT2D eigenvalue weighted by molar-refractivity contribution is 7.09. The van der Waals surface area contributed by atoms with Gasteiger partial charge in [0.15, 0.2) is 11.5 Å². The van der Waals surface area contributed by atoms with E-state index in [0.717, 1.165) is 54.7 Å². The van der Waals surface area contributed by atoms with Gasteiger partial charge in [0.05, 0.1) is 13.7 Å². The third-order valence-electron chi connectivity index (χ3n) is 3.61. The van der Waals surface area contributed by atoms with E-state index in [9.17, 15) is 0 Å². The first-order valence-corrected chi connectivity index (χ1v) is 8.31. The van der Waals surface area contributed by atoms with Crippen LogP contribution in [0.3, 0.4) is 0 Å². The number of nitrogens with zero attached hydrogens (tertiary/aromatic N) is 2. The number of methoxy groups -OCH3 is 1. The van der Waals surface area contributed by atoms with Crippen molar-refractivity contribution in [3.8, 4) is 22.1 Å². The second kappa shape index (κ2) is 7.11. The lowest BCUT2D eigenvalue weighted by atomic mass is 9.90. The lowest BCUT2D eigenvalue weighted by molar-refractivity contribution is 0.294. The van der Waals surface area contributed by atoms with Crippen LogP contribution in [0, 0.1) is 0 Å². The minimum Gasteiger partial charge on any atom is -0.493 e. The van der Waals surface area contributed by atoms with E-state index < -0.39 is 0 Å². The summed E-state index contributed by atoms with van der Waals surface area (Å²) in [5.74, 6) is 2.72. The molecule has 7 heteroatoms. The van der Waals surface area contributed by atoms with E-state index in [4.69, 9.17) is 14.1 Å². The molecule has 116 valence electrons. The van der Waals surface area contributed by atoms with Crippen LogP contribution in [-0.2, 0) is 4.65 Å². The van der Waals surface area contributed by atoms with Gasteiger partial charge in [0, 0.05) is 18.1 Å². The van der Waals surface area contributed by atoms with E-state index in [1.807, 2.05) is 18.2 Å². The molecular weight excluding hydrogens is 299 g/mol. The molecular formula is C15H19BN2O3S. The Balaban J connectivity index is 1.84. The fourth-order valence-corrected chi connectivity index (χ4v) is 3.13. The zero-order valence-corrected chi connectivity index (χ0v) is 13.7. The first kappa shape index (κ1) is 15.3. The van der Waals surface area contributed by atoms with Gasteiger partial charge in [-0.3, -0.25) is 0 Å². The molecule has 1 aliphatic rings. The maximum Gasteiger partial charge on any atom is 0.275 e. The summed E-state index contributed by atoms with van der Waals surface area (Å²) in [5, 5.41) is 0.908. The molecule has 22 heavy (non-hydrogen) atoms. The van der Waals surface area contributed by atoms with E-state index in [1.165, 1.54) is 11.5 Å². The van der Waals surface area contributed by atoms with Gasteiger partial charge in [-0.1, -0.05) is 6.92 Å². The van der Waals surface area contributed by atoms with Gasteiger partial charge >= 0.3 is 0 Å². The molecule has 1 fully saturated rings. The molecule has 2 aromatic rings. The highest BCUT2D eigenvalue weighted by Gasteiger charge is 2.23. The standard InChI is InChI=1S/C15H19BN2O3S/c1-3-6-20-13-7-10(4-5-12(13)19-2)15-17-14(18-22-15)11-8-16-21-9-11/h4-5,7,11,16H,3,6,8-9H2,1-2H3. The average molecular weight is 318 g/mol. The third kappa shape index (κ3) is 3.25. The molecule has 1 saturated heterocycles. The van der Waals surface area contributed by atoms with Crippen LogP contribution in [0.2, 0.25) is 6.32 Å². The number of hydrogen-bond acceptors (Lipinski definition) is 6. The van der Waals surface area contributed by atoms with E-state index >= 15 is 0 Å². The van der Waals surface area contributed by atoms with Crippen LogP contribution in [0.5, 0.6) is 11.5 Å². The topological polar surface area (TPSA) is 53.5 Å². The fourth-order valence-electron chi connectivity index (χ4n) is 2.39. The first-order chi connectivity index (χ1) is 10.8. The van der Waals surface area contributed by atoms with E-state index in [0.29, 0.717) is 12.5 Å². The molecule has 1 aliphatic heterocycles. The van der Waals surface area contributed by atoms with Gasteiger partial charge in [-0.25, -0.2) is 4.98 Å². The summed E-state index contributed by atoms with van der Waals surface area (Å²) >= 11 is 1.42. The summed E-state index contributed by atoms with van der Waals surface area (Å²) in [6.45, 7) is 3.47. The van der Waals surface area contributed by atoms with Crippen molar-refractivity contribution in [2.45, 2.75) is 25.6 Å². The Morgan fingerprint density at radius 1 is 1.41 bits per heavy atom. The summed E-state index contributed by atoms with van der Waals surface area (Å²) < 4.78 is 21.0. The van der Waals surface area contributed by atoms with Crippen molar-refractivity contribution < 1.29 is 14.1 Å². The lowest BCUT2D eigenvalue weighted by Crippen LogP contribution is -1.99. The largest absolute Gasteiger partial charge is 0.493 e. The van der Waals surface area contributed by atoms with Gasteiger partial charge in [-0.05, 0) is 42.5 Å². The maximum absolute atomic E-state index is 5.76. The van der Waals surface area contributed by atoms with Crippen molar-refractivity contribution in [2.24, 2.45) is 0 Å². The predicted molar refractivity (Wildman–Crippen MR) is 88.3 cm³/mol. The van der Waals surface area contributed by atoms with E-state index in [-0.39, 0.29) is 0 Å². The summed E-state index contributed by atoms with van der Waals surface area (Å²) in [6.07, 6.45) is 1.96. The van der Waals surface area contributed by atoms with Crippen LogP contribution < -0.4 is 9.47 Å². The number of rotatable bonds is 6. The second-order valence-corrected chi connectivity index (χ2v) is 5.98. The molecule has 3 rings (SSSR count). The van der Waals surface area contributed by atoms with Crippen LogP contribution in [0.1, 0.15) is 25.1 Å². The minimum absolute atomic E-state index is 0.332. The molecule has 0 amide bonds. The minimum atomic E-state index is 0.332. The van der Waals surface area contributed by atoms with Crippen LogP contribution in [0.25, 0.3) is 10.6 Å². The summed E-state index contributed by atoms with van der Waals surface area (Å²) in [6, 6.07) is 5.89. The van der Waals surface area contributed by atoms with E-state index in [2.05, 4.69) is 16.3 Å². The number of hydrogen-bond donors (Lipinski definition) is 0. The quantitative estimate of drug-likeness (QED) is 0.767. The highest BCUT2D eigenvalue weighted by Crippen LogP contribution is 2.34. The molecule has 0 aliphatic carbocycles.